The maximum Gasteiger partial charge on any atom is 0 e. The van der Waals surface area contributed by atoms with Crippen molar-refractivity contribution in [2.45, 2.75) is 0 Å². The molecule has 0 saturated heterocycles. The molecule has 19 heavy (non-hydrogen) atoms. The minimum atomic E-state index is 0. The van der Waals surface area contributed by atoms with Gasteiger partial charge in [-0.15, -0.1) is 0 Å². The van der Waals surface area contributed by atoms with Gasteiger partial charge in [0.2, 0.25) is 0 Å². The van der Waals surface area contributed by atoms with E-state index in [-0.39, 0.29) is 21.1 Å². The van der Waals surface area contributed by atoms with Crippen molar-refractivity contribution in [2.24, 2.45) is 0 Å². The Morgan fingerprint density at radius 2 is 0.263 bits per heavy atom. The minimum absolute atomic E-state index is 0. The van der Waals surface area contributed by atoms with Crippen LogP contribution in [0.1, 0.15) is 0 Å². The van der Waals surface area contributed by atoms with Crippen molar-refractivity contribution in [3.63, 3.8) is 0 Å². The summed E-state index contributed by atoms with van der Waals surface area (Å²) in [5.74, 6) is 0. The molecule has 0 atom stereocenters. The topological polar surface area (TPSA) is 84.6 Å². The van der Waals surface area contributed by atoms with E-state index in [2.05, 4.69) is 31.9 Å². The molecule has 0 aromatic heterocycles. The first kappa shape index (κ1) is 42.7. The van der Waals surface area contributed by atoms with Gasteiger partial charge in [-0.2, -0.15) is 84.6 Å². The summed E-state index contributed by atoms with van der Waals surface area (Å²) < 4.78 is 0. The van der Waals surface area contributed by atoms with Crippen molar-refractivity contribution in [1.82, 2.24) is 0 Å². The van der Waals surface area contributed by atoms with Gasteiger partial charge < -0.3 is 31.9 Å². The Hall–Kier alpha value is 0.448. The molecule has 0 aliphatic heterocycles. The van der Waals surface area contributed by atoms with E-state index < -0.39 is 0 Å². The third kappa shape index (κ3) is 24800. The Labute approximate surface area is 137 Å². The van der Waals surface area contributed by atoms with Crippen molar-refractivity contribution >= 4 is 0 Å². The number of hydrogen-bond donors (Lipinski definition) is 0. The zero-order valence-corrected chi connectivity index (χ0v) is 17.1. The molecule has 0 rings (SSSR count). The van der Waals surface area contributed by atoms with Gasteiger partial charge in [0.05, 0.1) is 0 Å². The molecule has 0 aromatic rings. The van der Waals surface area contributed by atoms with Gasteiger partial charge in [0.15, 0.2) is 0 Å². The second-order valence-corrected chi connectivity index (χ2v) is 2.68. The summed E-state index contributed by atoms with van der Waals surface area (Å²) in [7, 11) is 21.0. The van der Waals surface area contributed by atoms with Gasteiger partial charge in [-0.05, 0) is 0 Å². The van der Waals surface area contributed by atoms with E-state index in [1.54, 1.807) is 84.6 Å². The molecule has 0 fully saturated rings. The summed E-state index contributed by atoms with van der Waals surface area (Å²) in [6, 6.07) is 0. The van der Waals surface area contributed by atoms with Crippen molar-refractivity contribution in [3.05, 3.63) is 31.9 Å². The third-order valence-electron chi connectivity index (χ3n) is 0. The summed E-state index contributed by atoms with van der Waals surface area (Å²) in [5, 5.41) is 21.0. The number of rotatable bonds is 0. The number of nitrogens with zero attached hydrogens (tertiary/aromatic N) is 6. The van der Waals surface area contributed by atoms with Crippen LogP contribution >= 0.6 is 0 Å². The van der Waals surface area contributed by atoms with E-state index in [1.165, 1.54) is 0 Å². The van der Waals surface area contributed by atoms with Gasteiger partial charge in [-0.1, -0.05) is 0 Å². The van der Waals surface area contributed by atoms with Gasteiger partial charge in [-0.25, -0.2) is 0 Å². The van der Waals surface area contributed by atoms with E-state index in [1.807, 2.05) is 0 Å². The van der Waals surface area contributed by atoms with Crippen molar-refractivity contribution in [2.75, 3.05) is 84.6 Å². The first-order chi connectivity index (χ1) is 8.49. The van der Waals surface area contributed by atoms with Crippen LogP contribution in [0.4, 0.5) is 0 Å². The summed E-state index contributed by atoms with van der Waals surface area (Å²) in [4.78, 5) is 0. The van der Waals surface area contributed by atoms with Crippen LogP contribution in [0.5, 0.6) is 0 Å². The Morgan fingerprint density at radius 1 is 0.263 bits per heavy atom. The van der Waals surface area contributed by atoms with Gasteiger partial charge in [0.1, 0.15) is 0 Å². The first-order valence-electron chi connectivity index (χ1n) is 5.37. The standard InChI is InChI=1S/6C2H6N.Mo/c6*1-3-2;/h6*1-2H3;/q6*-1;. The molecular formula is C12H36MoN6-6. The number of hydrogen-bond acceptors (Lipinski definition) is 0. The van der Waals surface area contributed by atoms with E-state index >= 15 is 0 Å². The predicted octanol–water partition coefficient (Wildman–Crippen LogP) is 3.72. The molecule has 126 valence electrons. The molecule has 0 aliphatic carbocycles. The van der Waals surface area contributed by atoms with Crippen LogP contribution in [0.25, 0.3) is 31.9 Å². The normalized spacial score (nSPS) is 5.68. The maximum atomic E-state index is 3.50. The SMILES string of the molecule is C[N-]C.C[N-]C.C[N-]C.C[N-]C.C[N-]C.C[N-]C.[Mo]. The van der Waals surface area contributed by atoms with Gasteiger partial charge in [-0.3, -0.25) is 0 Å². The fraction of sp³-hybridized carbons (Fsp3) is 1.00. The Morgan fingerprint density at radius 3 is 0.263 bits per heavy atom. The molecule has 0 aromatic carbocycles. The molecule has 6 nitrogen and oxygen atoms in total. The average molecular weight is 360 g/mol. The van der Waals surface area contributed by atoms with Crippen LogP contribution in [0.15, 0.2) is 0 Å². The Balaban J connectivity index is -0.0000000180. The molecule has 0 N–H and O–H groups in total. The molecule has 0 unspecified atom stereocenters. The molecule has 0 heterocycles. The second kappa shape index (κ2) is 135. The molecular weight excluding hydrogens is 324 g/mol. The van der Waals surface area contributed by atoms with E-state index in [4.69, 9.17) is 0 Å². The minimum Gasteiger partial charge on any atom is -0.668 e. The average Bonchev–Trinajstić information content (AvgIpc) is 2.23. The van der Waals surface area contributed by atoms with E-state index in [0.717, 1.165) is 0 Å². The largest absolute Gasteiger partial charge is 0.668 e. The van der Waals surface area contributed by atoms with Gasteiger partial charge in [0.25, 0.3) is 0 Å². The van der Waals surface area contributed by atoms with Crippen LogP contribution in [-0.2, 0) is 21.1 Å². The van der Waals surface area contributed by atoms with Crippen LogP contribution in [0.3, 0.4) is 0 Å². The predicted molar refractivity (Wildman–Crippen MR) is 91.2 cm³/mol. The van der Waals surface area contributed by atoms with Crippen molar-refractivity contribution < 1.29 is 21.1 Å². The molecule has 0 saturated carbocycles. The first-order valence-corrected chi connectivity index (χ1v) is 5.37. The van der Waals surface area contributed by atoms with Gasteiger partial charge >= 0.3 is 0 Å². The van der Waals surface area contributed by atoms with Crippen LogP contribution in [-0.4, -0.2) is 84.6 Å². The quantitative estimate of drug-likeness (QED) is 0.590. The Bertz CT molecular complexity index is 37.7. The molecule has 0 amide bonds. The summed E-state index contributed by atoms with van der Waals surface area (Å²) in [6.07, 6.45) is 0. The zero-order valence-electron chi connectivity index (χ0n) is 15.1. The molecule has 7 heteroatoms. The molecule has 0 bridgehead atoms. The van der Waals surface area contributed by atoms with E-state index in [0.29, 0.717) is 0 Å². The van der Waals surface area contributed by atoms with Crippen LogP contribution < -0.4 is 0 Å². The monoisotopic (exact) mass is 362 g/mol. The van der Waals surface area contributed by atoms with E-state index in [9.17, 15) is 0 Å². The second-order valence-electron chi connectivity index (χ2n) is 2.68. The van der Waals surface area contributed by atoms with Crippen LogP contribution in [0.2, 0.25) is 0 Å². The van der Waals surface area contributed by atoms with Crippen molar-refractivity contribution in [1.29, 1.82) is 0 Å². The summed E-state index contributed by atoms with van der Waals surface area (Å²) in [6.45, 7) is 0. The van der Waals surface area contributed by atoms with Crippen LogP contribution in [0, 0.1) is 0 Å². The Kier molecular flexibility index (Phi) is 304. The summed E-state index contributed by atoms with van der Waals surface area (Å²) >= 11 is 0. The smallest absolute Gasteiger partial charge is 0 e. The molecule has 0 aliphatic rings. The zero-order chi connectivity index (χ0) is 16.2. The fourth-order valence-electron chi connectivity index (χ4n) is 0. The third-order valence-corrected chi connectivity index (χ3v) is 0. The maximum absolute atomic E-state index is 3.50. The van der Waals surface area contributed by atoms with Gasteiger partial charge in [0, 0.05) is 21.1 Å². The fourth-order valence-corrected chi connectivity index (χ4v) is 0. The molecule has 0 radical (unpaired) electrons. The summed E-state index contributed by atoms with van der Waals surface area (Å²) in [5.41, 5.74) is 0. The van der Waals surface area contributed by atoms with Crippen molar-refractivity contribution in [3.8, 4) is 0 Å². The molecule has 0 spiro atoms.